The molecule has 0 spiro atoms. The van der Waals surface area contributed by atoms with Gasteiger partial charge in [-0.2, -0.15) is 0 Å². The van der Waals surface area contributed by atoms with E-state index in [1.807, 2.05) is 0 Å². The van der Waals surface area contributed by atoms with Gasteiger partial charge in [0.1, 0.15) is 11.9 Å². The topological polar surface area (TPSA) is 69.4 Å². The second kappa shape index (κ2) is 4.57. The van der Waals surface area contributed by atoms with Crippen molar-refractivity contribution < 1.29 is 14.3 Å². The third-order valence-corrected chi connectivity index (χ3v) is 2.22. The molecule has 4 heteroatoms. The number of nitrogens with two attached hydrogens (primary N) is 1. The first-order valence-electron chi connectivity index (χ1n) is 5.33. The predicted octanol–water partition coefficient (Wildman–Crippen LogP) is 2.35. The van der Waals surface area contributed by atoms with E-state index in [1.54, 1.807) is 27.7 Å². The molecule has 17 heavy (non-hydrogen) atoms. The summed E-state index contributed by atoms with van der Waals surface area (Å²) in [5.74, 6) is -0.467. The number of carbonyl (C=O) groups excluding carboxylic acids is 2. The first kappa shape index (κ1) is 13.2. The molecule has 0 fully saturated rings. The highest BCUT2D eigenvalue weighted by Crippen LogP contribution is 2.20. The highest BCUT2D eigenvalue weighted by atomic mass is 16.6. The minimum atomic E-state index is -0.574. The molecule has 1 aromatic rings. The zero-order chi connectivity index (χ0) is 13.2. The molecule has 0 atom stereocenters. The normalized spacial score (nSPS) is 11.1. The number of esters is 1. The van der Waals surface area contributed by atoms with Gasteiger partial charge in [-0.15, -0.1) is 0 Å². The number of benzene rings is 1. The van der Waals surface area contributed by atoms with E-state index >= 15 is 0 Å². The maximum absolute atomic E-state index is 11.9. The minimum absolute atomic E-state index is 0.335. The van der Waals surface area contributed by atoms with Crippen molar-refractivity contribution in [1.29, 1.82) is 0 Å². The Hall–Kier alpha value is -1.84. The predicted molar refractivity (Wildman–Crippen MR) is 66.1 cm³/mol. The number of hydrogen-bond acceptors (Lipinski definition) is 4. The monoisotopic (exact) mass is 235 g/mol. The molecule has 0 aliphatic rings. The number of nitrogen functional groups attached to an aromatic ring is 1. The molecular weight excluding hydrogens is 218 g/mol. The van der Waals surface area contributed by atoms with Crippen molar-refractivity contribution in [3.63, 3.8) is 0 Å². The van der Waals surface area contributed by atoms with Crippen LogP contribution >= 0.6 is 0 Å². The van der Waals surface area contributed by atoms with Gasteiger partial charge in [-0.05, 0) is 45.4 Å². The van der Waals surface area contributed by atoms with Gasteiger partial charge in [-0.3, -0.25) is 4.79 Å². The lowest BCUT2D eigenvalue weighted by Gasteiger charge is -2.20. The van der Waals surface area contributed by atoms with Gasteiger partial charge in [0.25, 0.3) is 0 Å². The summed E-state index contributed by atoms with van der Waals surface area (Å²) in [6.45, 7) is 7.05. The molecule has 0 heterocycles. The summed E-state index contributed by atoms with van der Waals surface area (Å²) in [5, 5.41) is 0. The second-order valence-corrected chi connectivity index (χ2v) is 4.90. The molecule has 0 aromatic heterocycles. The summed E-state index contributed by atoms with van der Waals surface area (Å²) < 4.78 is 5.25. The average molecular weight is 235 g/mol. The summed E-state index contributed by atoms with van der Waals surface area (Å²) in [6, 6.07) is 3.06. The molecule has 0 radical (unpaired) electrons. The van der Waals surface area contributed by atoms with E-state index in [0.717, 1.165) is 0 Å². The Balaban J connectivity index is 3.18. The largest absolute Gasteiger partial charge is 0.456 e. The average Bonchev–Trinajstić information content (AvgIpc) is 2.18. The zero-order valence-corrected chi connectivity index (χ0v) is 10.5. The third-order valence-electron chi connectivity index (χ3n) is 2.22. The minimum Gasteiger partial charge on any atom is -0.456 e. The fourth-order valence-corrected chi connectivity index (χ4v) is 1.43. The van der Waals surface area contributed by atoms with E-state index in [9.17, 15) is 9.59 Å². The molecule has 0 saturated carbocycles. The molecule has 1 rings (SSSR count). The van der Waals surface area contributed by atoms with Gasteiger partial charge in [-0.1, -0.05) is 0 Å². The van der Waals surface area contributed by atoms with Gasteiger partial charge in [0.15, 0.2) is 0 Å². The molecule has 0 aliphatic heterocycles. The molecular formula is C13H17NO3. The first-order chi connectivity index (χ1) is 7.74. The maximum atomic E-state index is 11.9. The van der Waals surface area contributed by atoms with Crippen LogP contribution in [0.4, 0.5) is 5.69 Å². The Morgan fingerprint density at radius 1 is 1.35 bits per heavy atom. The van der Waals surface area contributed by atoms with E-state index < -0.39 is 11.6 Å². The molecule has 0 amide bonds. The Labute approximate surface area is 101 Å². The fourth-order valence-electron chi connectivity index (χ4n) is 1.43. The third kappa shape index (κ3) is 3.31. The summed E-state index contributed by atoms with van der Waals surface area (Å²) in [7, 11) is 0. The molecule has 0 saturated heterocycles. The van der Waals surface area contributed by atoms with Gasteiger partial charge >= 0.3 is 5.97 Å². The van der Waals surface area contributed by atoms with Crippen LogP contribution in [0.15, 0.2) is 12.1 Å². The van der Waals surface area contributed by atoms with Crippen LogP contribution in [0.5, 0.6) is 0 Å². The lowest BCUT2D eigenvalue weighted by molar-refractivity contribution is 0.00688. The number of aldehydes is 1. The van der Waals surface area contributed by atoms with Crippen molar-refractivity contribution in [2.75, 3.05) is 5.73 Å². The van der Waals surface area contributed by atoms with Gasteiger partial charge in [0, 0.05) is 11.3 Å². The van der Waals surface area contributed by atoms with Crippen molar-refractivity contribution in [3.05, 3.63) is 28.8 Å². The number of anilines is 1. The molecule has 0 bridgehead atoms. The number of carbonyl (C=O) groups is 2. The SMILES string of the molecule is Cc1c(C=O)cc(N)cc1C(=O)OC(C)(C)C. The van der Waals surface area contributed by atoms with Gasteiger partial charge in [-0.25, -0.2) is 4.79 Å². The Morgan fingerprint density at radius 3 is 2.41 bits per heavy atom. The summed E-state index contributed by atoms with van der Waals surface area (Å²) in [6.07, 6.45) is 0.680. The Morgan fingerprint density at radius 2 is 1.94 bits per heavy atom. The molecule has 4 nitrogen and oxygen atoms in total. The highest BCUT2D eigenvalue weighted by molar-refractivity contribution is 5.95. The number of ether oxygens (including phenoxy) is 1. The highest BCUT2D eigenvalue weighted by Gasteiger charge is 2.20. The van der Waals surface area contributed by atoms with Crippen LogP contribution in [0.2, 0.25) is 0 Å². The van der Waals surface area contributed by atoms with Gasteiger partial charge in [0.2, 0.25) is 0 Å². The van der Waals surface area contributed by atoms with Crippen LogP contribution in [0.1, 0.15) is 47.1 Å². The fraction of sp³-hybridized carbons (Fsp3) is 0.385. The zero-order valence-electron chi connectivity index (χ0n) is 10.5. The van der Waals surface area contributed by atoms with Crippen LogP contribution in [0.3, 0.4) is 0 Å². The standard InChI is InChI=1S/C13H17NO3/c1-8-9(7-15)5-10(14)6-11(8)12(16)17-13(2,3)4/h5-7H,14H2,1-4H3. The van der Waals surface area contributed by atoms with Gasteiger partial charge in [0.05, 0.1) is 5.56 Å². The van der Waals surface area contributed by atoms with Crippen molar-refractivity contribution in [2.24, 2.45) is 0 Å². The second-order valence-electron chi connectivity index (χ2n) is 4.90. The molecule has 0 aliphatic carbocycles. The van der Waals surface area contributed by atoms with Crippen molar-refractivity contribution in [2.45, 2.75) is 33.3 Å². The van der Waals surface area contributed by atoms with E-state index in [0.29, 0.717) is 28.7 Å². The van der Waals surface area contributed by atoms with E-state index in [1.165, 1.54) is 12.1 Å². The van der Waals surface area contributed by atoms with E-state index in [-0.39, 0.29) is 0 Å². The summed E-state index contributed by atoms with van der Waals surface area (Å²) >= 11 is 0. The lowest BCUT2D eigenvalue weighted by Crippen LogP contribution is -2.24. The van der Waals surface area contributed by atoms with E-state index in [2.05, 4.69) is 0 Å². The number of rotatable bonds is 2. The molecule has 1 aromatic carbocycles. The molecule has 0 unspecified atom stereocenters. The Bertz CT molecular complexity index is 458. The molecule has 92 valence electrons. The van der Waals surface area contributed by atoms with Crippen LogP contribution in [0, 0.1) is 6.92 Å². The number of hydrogen-bond donors (Lipinski definition) is 1. The lowest BCUT2D eigenvalue weighted by atomic mass is 10.0. The van der Waals surface area contributed by atoms with Crippen LogP contribution in [0.25, 0.3) is 0 Å². The Kier molecular flexibility index (Phi) is 3.56. The van der Waals surface area contributed by atoms with Crippen molar-refractivity contribution >= 4 is 17.9 Å². The first-order valence-corrected chi connectivity index (χ1v) is 5.33. The van der Waals surface area contributed by atoms with E-state index in [4.69, 9.17) is 10.5 Å². The van der Waals surface area contributed by atoms with Crippen molar-refractivity contribution in [1.82, 2.24) is 0 Å². The van der Waals surface area contributed by atoms with Crippen LogP contribution in [-0.2, 0) is 4.74 Å². The smallest absolute Gasteiger partial charge is 0.339 e. The van der Waals surface area contributed by atoms with Crippen molar-refractivity contribution in [3.8, 4) is 0 Å². The van der Waals surface area contributed by atoms with Gasteiger partial charge < -0.3 is 10.5 Å². The van der Waals surface area contributed by atoms with Crippen LogP contribution < -0.4 is 5.73 Å². The van der Waals surface area contributed by atoms with Crippen LogP contribution in [-0.4, -0.2) is 17.9 Å². The maximum Gasteiger partial charge on any atom is 0.339 e. The summed E-state index contributed by atoms with van der Waals surface area (Å²) in [5.41, 5.74) is 6.77. The summed E-state index contributed by atoms with van der Waals surface area (Å²) in [4.78, 5) is 22.7. The molecule has 2 N–H and O–H groups in total. The quantitative estimate of drug-likeness (QED) is 0.485.